The Kier molecular flexibility index (Phi) is 4.00. The molecule has 0 unspecified atom stereocenters. The summed E-state index contributed by atoms with van der Waals surface area (Å²) in [5.74, 6) is 0.608. The molecule has 0 aliphatic carbocycles. The fraction of sp³-hybridized carbons (Fsp3) is 0.474. The smallest absolute Gasteiger partial charge is 0.276 e. The minimum Gasteiger partial charge on any atom is -0.355 e. The molecule has 1 aromatic heterocycles. The van der Waals surface area contributed by atoms with Crippen molar-refractivity contribution < 1.29 is 9.32 Å². The molecule has 1 aromatic carbocycles. The van der Waals surface area contributed by atoms with E-state index in [0.29, 0.717) is 11.5 Å². The summed E-state index contributed by atoms with van der Waals surface area (Å²) in [5, 5.41) is 3.98. The average molecular weight is 312 g/mol. The number of aromatic nitrogens is 1. The maximum absolute atomic E-state index is 12.5. The van der Waals surface area contributed by atoms with Crippen LogP contribution < -0.4 is 0 Å². The zero-order valence-electron chi connectivity index (χ0n) is 14.3. The Labute approximate surface area is 137 Å². The minimum absolute atomic E-state index is 0.0312. The highest BCUT2D eigenvalue weighted by Crippen LogP contribution is 2.27. The first-order valence-corrected chi connectivity index (χ1v) is 8.25. The molecule has 2 aromatic rings. The predicted molar refractivity (Wildman–Crippen MR) is 90.4 cm³/mol. The van der Waals surface area contributed by atoms with E-state index in [1.165, 1.54) is 5.56 Å². The lowest BCUT2D eigenvalue weighted by molar-refractivity contribution is 0.0737. The Bertz CT molecular complexity index is 695. The number of hydrogen-bond acceptors (Lipinski definition) is 3. The van der Waals surface area contributed by atoms with Gasteiger partial charge in [-0.3, -0.25) is 4.79 Å². The fourth-order valence-corrected chi connectivity index (χ4v) is 3.03. The maximum Gasteiger partial charge on any atom is 0.276 e. The highest BCUT2D eigenvalue weighted by Gasteiger charge is 2.28. The van der Waals surface area contributed by atoms with Gasteiger partial charge in [0.1, 0.15) is 0 Å². The molecule has 122 valence electrons. The van der Waals surface area contributed by atoms with Gasteiger partial charge in [0.2, 0.25) is 0 Å². The maximum atomic E-state index is 12.5. The molecule has 0 radical (unpaired) electrons. The Hall–Kier alpha value is -2.10. The normalized spacial score (nSPS) is 18.4. The molecule has 0 bridgehead atoms. The van der Waals surface area contributed by atoms with Crippen LogP contribution in [0.4, 0.5) is 0 Å². The number of nitrogens with zero attached hydrogens (tertiary/aromatic N) is 2. The number of amides is 1. The van der Waals surface area contributed by atoms with Gasteiger partial charge >= 0.3 is 0 Å². The quantitative estimate of drug-likeness (QED) is 0.832. The molecule has 1 aliphatic heterocycles. The number of carbonyl (C=O) groups is 1. The molecule has 3 rings (SSSR count). The number of benzene rings is 1. The summed E-state index contributed by atoms with van der Waals surface area (Å²) in [6, 6.07) is 10.3. The summed E-state index contributed by atoms with van der Waals surface area (Å²) in [4.78, 5) is 14.4. The van der Waals surface area contributed by atoms with Crippen LogP contribution in [0.3, 0.4) is 0 Å². The van der Waals surface area contributed by atoms with Crippen LogP contribution in [-0.2, 0) is 5.41 Å². The summed E-state index contributed by atoms with van der Waals surface area (Å²) in [6.45, 7) is 9.44. The van der Waals surface area contributed by atoms with E-state index in [0.717, 1.165) is 24.9 Å². The van der Waals surface area contributed by atoms with Crippen molar-refractivity contribution >= 4 is 5.91 Å². The highest BCUT2D eigenvalue weighted by molar-refractivity contribution is 5.93. The zero-order chi connectivity index (χ0) is 16.6. The van der Waals surface area contributed by atoms with Crippen LogP contribution in [0.15, 0.2) is 34.9 Å². The zero-order valence-corrected chi connectivity index (χ0v) is 14.3. The van der Waals surface area contributed by atoms with Gasteiger partial charge in [-0.05, 0) is 30.7 Å². The van der Waals surface area contributed by atoms with Gasteiger partial charge < -0.3 is 9.42 Å². The lowest BCUT2D eigenvalue weighted by atomic mass is 9.86. The van der Waals surface area contributed by atoms with Gasteiger partial charge in [-0.25, -0.2) is 0 Å². The summed E-state index contributed by atoms with van der Waals surface area (Å²) >= 11 is 0. The largest absolute Gasteiger partial charge is 0.355 e. The second-order valence-electron chi connectivity index (χ2n) is 7.39. The van der Waals surface area contributed by atoms with Crippen molar-refractivity contribution in [2.75, 3.05) is 6.54 Å². The molecular weight excluding hydrogens is 288 g/mol. The molecule has 1 fully saturated rings. The van der Waals surface area contributed by atoms with Crippen LogP contribution in [0, 0.1) is 0 Å². The fourth-order valence-electron chi connectivity index (χ4n) is 3.03. The molecule has 1 saturated heterocycles. The van der Waals surface area contributed by atoms with Gasteiger partial charge in [0.05, 0.1) is 0 Å². The van der Waals surface area contributed by atoms with Crippen LogP contribution in [0.25, 0.3) is 11.3 Å². The molecule has 0 spiro atoms. The first-order chi connectivity index (χ1) is 10.9. The van der Waals surface area contributed by atoms with Crippen LogP contribution in [0.5, 0.6) is 0 Å². The van der Waals surface area contributed by atoms with E-state index in [2.05, 4.69) is 45.0 Å². The van der Waals surface area contributed by atoms with E-state index in [1.807, 2.05) is 17.0 Å². The molecule has 2 heterocycles. The predicted octanol–water partition coefficient (Wildman–Crippen LogP) is 4.26. The molecule has 0 N–H and O–H groups in total. The summed E-state index contributed by atoms with van der Waals surface area (Å²) in [6.07, 6.45) is 2.12. The molecule has 1 amide bonds. The molecule has 0 saturated carbocycles. The van der Waals surface area contributed by atoms with Crippen molar-refractivity contribution in [1.82, 2.24) is 10.1 Å². The van der Waals surface area contributed by atoms with E-state index in [9.17, 15) is 4.79 Å². The van der Waals surface area contributed by atoms with Gasteiger partial charge in [0, 0.05) is 24.2 Å². The first kappa shape index (κ1) is 15.8. The van der Waals surface area contributed by atoms with Crippen LogP contribution in [-0.4, -0.2) is 28.6 Å². The molecule has 1 atom stereocenters. The lowest BCUT2D eigenvalue weighted by Crippen LogP contribution is -2.33. The van der Waals surface area contributed by atoms with Crippen LogP contribution in [0.1, 0.15) is 56.6 Å². The molecule has 4 nitrogen and oxygen atoms in total. The van der Waals surface area contributed by atoms with Crippen molar-refractivity contribution in [3.8, 4) is 11.3 Å². The van der Waals surface area contributed by atoms with Gasteiger partial charge in [0.15, 0.2) is 11.5 Å². The topological polar surface area (TPSA) is 46.3 Å². The molecular formula is C19H24N2O2. The number of hydrogen-bond donors (Lipinski definition) is 0. The second kappa shape index (κ2) is 5.84. The summed E-state index contributed by atoms with van der Waals surface area (Å²) in [7, 11) is 0. The third kappa shape index (κ3) is 3.16. The highest BCUT2D eigenvalue weighted by atomic mass is 16.5. The Balaban J connectivity index is 1.80. The minimum atomic E-state index is -0.0312. The standard InChI is InChI=1S/C19H24N2O2/c1-13-6-5-11-21(13)18(22)16-12-17(23-20-16)14-7-9-15(10-8-14)19(2,3)4/h7-10,12-13H,5-6,11H2,1-4H3/t13-/m1/s1. The van der Waals surface area contributed by atoms with Crippen molar-refractivity contribution in [1.29, 1.82) is 0 Å². The van der Waals surface area contributed by atoms with E-state index in [4.69, 9.17) is 4.52 Å². The first-order valence-electron chi connectivity index (χ1n) is 8.25. The molecule has 23 heavy (non-hydrogen) atoms. The Morgan fingerprint density at radius 3 is 2.52 bits per heavy atom. The molecule has 4 heteroatoms. The average Bonchev–Trinajstić information content (AvgIpc) is 3.15. The van der Waals surface area contributed by atoms with E-state index in [1.54, 1.807) is 6.07 Å². The van der Waals surface area contributed by atoms with Gasteiger partial charge in [-0.2, -0.15) is 0 Å². The Morgan fingerprint density at radius 2 is 1.96 bits per heavy atom. The van der Waals surface area contributed by atoms with E-state index in [-0.39, 0.29) is 17.4 Å². The monoisotopic (exact) mass is 312 g/mol. The summed E-state index contributed by atoms with van der Waals surface area (Å²) in [5.41, 5.74) is 2.73. The van der Waals surface area contributed by atoms with Crippen molar-refractivity contribution in [3.63, 3.8) is 0 Å². The van der Waals surface area contributed by atoms with Gasteiger partial charge in [-0.1, -0.05) is 50.2 Å². The third-order valence-electron chi connectivity index (χ3n) is 4.58. The Morgan fingerprint density at radius 1 is 1.26 bits per heavy atom. The SMILES string of the molecule is C[C@@H]1CCCN1C(=O)c1cc(-c2ccc(C(C)(C)C)cc2)on1. The third-order valence-corrected chi connectivity index (χ3v) is 4.58. The van der Waals surface area contributed by atoms with Gasteiger partial charge in [0.25, 0.3) is 5.91 Å². The number of carbonyl (C=O) groups excluding carboxylic acids is 1. The van der Waals surface area contributed by atoms with Crippen molar-refractivity contribution in [2.45, 2.75) is 52.0 Å². The number of likely N-dealkylation sites (tertiary alicyclic amines) is 1. The summed E-state index contributed by atoms with van der Waals surface area (Å²) < 4.78 is 5.39. The van der Waals surface area contributed by atoms with Crippen molar-refractivity contribution in [2.24, 2.45) is 0 Å². The number of rotatable bonds is 2. The second-order valence-corrected chi connectivity index (χ2v) is 7.39. The van der Waals surface area contributed by atoms with E-state index < -0.39 is 0 Å². The lowest BCUT2D eigenvalue weighted by Gasteiger charge is -2.19. The van der Waals surface area contributed by atoms with Crippen molar-refractivity contribution in [3.05, 3.63) is 41.6 Å². The van der Waals surface area contributed by atoms with E-state index >= 15 is 0 Å². The molecule has 1 aliphatic rings. The van der Waals surface area contributed by atoms with Crippen LogP contribution >= 0.6 is 0 Å². The van der Waals surface area contributed by atoms with Crippen LogP contribution in [0.2, 0.25) is 0 Å². The van der Waals surface area contributed by atoms with Gasteiger partial charge in [-0.15, -0.1) is 0 Å².